The van der Waals surface area contributed by atoms with Crippen LogP contribution in [0, 0.1) is 0 Å². The molecule has 8 heteroatoms. The Bertz CT molecular complexity index is 753. The van der Waals surface area contributed by atoms with Crippen LogP contribution in [0.15, 0.2) is 24.3 Å². The van der Waals surface area contributed by atoms with E-state index in [4.69, 9.17) is 0 Å². The lowest BCUT2D eigenvalue weighted by Crippen LogP contribution is -2.50. The van der Waals surface area contributed by atoms with Crippen LogP contribution in [-0.4, -0.2) is 53.1 Å². The third kappa shape index (κ3) is 25.7. The monoisotopic (exact) mass is 587 g/mol. The van der Waals surface area contributed by atoms with Crippen LogP contribution < -0.4 is 5.32 Å². The Morgan fingerprint density at radius 1 is 0.675 bits per heavy atom. The number of carbonyl (C=O) groups is 1. The molecule has 0 fully saturated rings. The average Bonchev–Trinajstić information content (AvgIpc) is 2.90. The maximum atomic E-state index is 12.4. The highest BCUT2D eigenvalue weighted by molar-refractivity contribution is 7.85. The van der Waals surface area contributed by atoms with E-state index in [0.29, 0.717) is 6.42 Å². The molecule has 0 heterocycles. The van der Waals surface area contributed by atoms with Gasteiger partial charge in [0.2, 0.25) is 5.91 Å². The molecule has 1 amide bonds. The standard InChI is InChI=1S/C32H61NO6S/c1-3-5-7-9-11-13-15-17-18-20-22-24-26-30(34)29(28-40(37,38)39)33-32(36)31(35)27-25-23-21-19-16-14-12-10-8-6-4-2/h12,14,24,26,29-31,34-35H,3-11,13,15-23,25,27-28H2,1-2H3,(H,33,36)(H,37,38,39)/b14-12-,26-24+. The number of nitrogens with one attached hydrogen (secondary N) is 1. The highest BCUT2D eigenvalue weighted by atomic mass is 32.2. The Morgan fingerprint density at radius 2 is 1.10 bits per heavy atom. The highest BCUT2D eigenvalue weighted by Gasteiger charge is 2.27. The van der Waals surface area contributed by atoms with Crippen molar-refractivity contribution in [3.05, 3.63) is 24.3 Å². The van der Waals surface area contributed by atoms with Gasteiger partial charge in [0, 0.05) is 0 Å². The Morgan fingerprint density at radius 3 is 1.62 bits per heavy atom. The van der Waals surface area contributed by atoms with E-state index in [1.807, 2.05) is 0 Å². The largest absolute Gasteiger partial charge is 0.387 e. The third-order valence-electron chi connectivity index (χ3n) is 7.23. The van der Waals surface area contributed by atoms with Gasteiger partial charge in [0.25, 0.3) is 10.1 Å². The average molecular weight is 588 g/mol. The van der Waals surface area contributed by atoms with Crippen LogP contribution in [0.1, 0.15) is 149 Å². The number of amides is 1. The molecule has 40 heavy (non-hydrogen) atoms. The van der Waals surface area contributed by atoms with Crippen molar-refractivity contribution in [2.24, 2.45) is 0 Å². The van der Waals surface area contributed by atoms with E-state index in [-0.39, 0.29) is 6.42 Å². The number of rotatable bonds is 28. The molecule has 0 aromatic carbocycles. The molecule has 0 radical (unpaired) electrons. The minimum atomic E-state index is -4.43. The Hall–Kier alpha value is -1.22. The number of allylic oxidation sites excluding steroid dienone is 3. The van der Waals surface area contributed by atoms with E-state index in [1.165, 1.54) is 76.7 Å². The molecule has 4 N–H and O–H groups in total. The van der Waals surface area contributed by atoms with Crippen LogP contribution in [0.25, 0.3) is 0 Å². The number of unbranched alkanes of at least 4 members (excludes halogenated alkanes) is 17. The van der Waals surface area contributed by atoms with Crippen molar-refractivity contribution < 1.29 is 28.0 Å². The molecule has 3 atom stereocenters. The van der Waals surface area contributed by atoms with Gasteiger partial charge in [0.05, 0.1) is 17.9 Å². The van der Waals surface area contributed by atoms with Gasteiger partial charge in [-0.25, -0.2) is 0 Å². The van der Waals surface area contributed by atoms with E-state index in [9.17, 15) is 28.0 Å². The second-order valence-corrected chi connectivity index (χ2v) is 12.7. The van der Waals surface area contributed by atoms with Gasteiger partial charge >= 0.3 is 0 Å². The molecule has 0 aromatic rings. The smallest absolute Gasteiger partial charge is 0.267 e. The molecule has 0 aromatic heterocycles. The number of hydrogen-bond donors (Lipinski definition) is 4. The molecule has 0 rings (SSSR count). The van der Waals surface area contributed by atoms with Crippen LogP contribution in [0.2, 0.25) is 0 Å². The molecule has 7 nitrogen and oxygen atoms in total. The first kappa shape index (κ1) is 38.8. The zero-order valence-electron chi connectivity index (χ0n) is 25.6. The fraction of sp³-hybridized carbons (Fsp3) is 0.844. The third-order valence-corrected chi connectivity index (χ3v) is 8.01. The minimum Gasteiger partial charge on any atom is -0.387 e. The zero-order valence-corrected chi connectivity index (χ0v) is 26.4. The van der Waals surface area contributed by atoms with Gasteiger partial charge in [0.1, 0.15) is 6.10 Å². The van der Waals surface area contributed by atoms with Crippen LogP contribution in [0.5, 0.6) is 0 Å². The van der Waals surface area contributed by atoms with E-state index in [0.717, 1.165) is 51.4 Å². The fourth-order valence-electron chi connectivity index (χ4n) is 4.68. The van der Waals surface area contributed by atoms with E-state index >= 15 is 0 Å². The molecule has 236 valence electrons. The molecule has 0 bridgehead atoms. The van der Waals surface area contributed by atoms with Crippen LogP contribution in [0.3, 0.4) is 0 Å². The lowest BCUT2D eigenvalue weighted by Gasteiger charge is -2.22. The molecular formula is C32H61NO6S. The summed E-state index contributed by atoms with van der Waals surface area (Å²) >= 11 is 0. The predicted octanol–water partition coefficient (Wildman–Crippen LogP) is 7.43. The first-order valence-electron chi connectivity index (χ1n) is 16.1. The minimum absolute atomic E-state index is 0.266. The van der Waals surface area contributed by atoms with E-state index in [2.05, 4.69) is 31.3 Å². The van der Waals surface area contributed by atoms with E-state index < -0.39 is 40.0 Å². The van der Waals surface area contributed by atoms with Gasteiger partial charge in [-0.3, -0.25) is 9.35 Å². The van der Waals surface area contributed by atoms with Gasteiger partial charge < -0.3 is 15.5 Å². The number of carbonyl (C=O) groups excluding carboxylic acids is 1. The summed E-state index contributed by atoms with van der Waals surface area (Å²) < 4.78 is 32.2. The summed E-state index contributed by atoms with van der Waals surface area (Å²) in [5.41, 5.74) is 0. The topological polar surface area (TPSA) is 124 Å². The summed E-state index contributed by atoms with van der Waals surface area (Å²) in [6.45, 7) is 4.42. The SMILES string of the molecule is CCCCC/C=C\CCCCCCC(O)C(=O)NC(CS(=O)(=O)O)C(O)/C=C/CCCCCCCCCCCC. The molecular weight excluding hydrogens is 526 g/mol. The zero-order chi connectivity index (χ0) is 29.9. The maximum Gasteiger partial charge on any atom is 0.267 e. The summed E-state index contributed by atoms with van der Waals surface area (Å²) in [6.07, 6.45) is 28.1. The predicted molar refractivity (Wildman–Crippen MR) is 167 cm³/mol. The van der Waals surface area contributed by atoms with Crippen molar-refractivity contribution in [3.8, 4) is 0 Å². The van der Waals surface area contributed by atoms with Gasteiger partial charge in [-0.1, -0.05) is 128 Å². The van der Waals surface area contributed by atoms with Crippen LogP contribution in [0.4, 0.5) is 0 Å². The van der Waals surface area contributed by atoms with Crippen molar-refractivity contribution in [2.75, 3.05) is 5.75 Å². The van der Waals surface area contributed by atoms with Gasteiger partial charge in [-0.2, -0.15) is 8.42 Å². The van der Waals surface area contributed by atoms with E-state index in [1.54, 1.807) is 6.08 Å². The Kier molecular flexibility index (Phi) is 25.9. The van der Waals surface area contributed by atoms with Gasteiger partial charge in [-0.05, 0) is 44.9 Å². The Balaban J connectivity index is 4.25. The lowest BCUT2D eigenvalue weighted by atomic mass is 10.0. The first-order valence-corrected chi connectivity index (χ1v) is 17.8. The Labute approximate surface area is 246 Å². The first-order chi connectivity index (χ1) is 19.2. The molecule has 0 spiro atoms. The van der Waals surface area contributed by atoms with Gasteiger partial charge in [0.15, 0.2) is 0 Å². The second kappa shape index (κ2) is 26.7. The fourth-order valence-corrected chi connectivity index (χ4v) is 5.42. The summed E-state index contributed by atoms with van der Waals surface area (Å²) in [5.74, 6) is -1.55. The number of aliphatic hydroxyl groups excluding tert-OH is 2. The van der Waals surface area contributed by atoms with Crippen molar-refractivity contribution in [2.45, 2.75) is 167 Å². The summed E-state index contributed by atoms with van der Waals surface area (Å²) in [4.78, 5) is 12.4. The van der Waals surface area contributed by atoms with Crippen molar-refractivity contribution in [1.82, 2.24) is 5.32 Å². The highest BCUT2D eigenvalue weighted by Crippen LogP contribution is 2.13. The summed E-state index contributed by atoms with van der Waals surface area (Å²) in [5, 5.41) is 23.1. The molecule has 0 aliphatic carbocycles. The maximum absolute atomic E-state index is 12.4. The normalized spacial score (nSPS) is 14.6. The molecule has 0 saturated heterocycles. The summed E-state index contributed by atoms with van der Waals surface area (Å²) in [7, 11) is -4.43. The molecule has 0 aliphatic heterocycles. The summed E-state index contributed by atoms with van der Waals surface area (Å²) in [6, 6.07) is -1.23. The van der Waals surface area contributed by atoms with Crippen molar-refractivity contribution in [1.29, 1.82) is 0 Å². The molecule has 0 aliphatic rings. The van der Waals surface area contributed by atoms with Crippen molar-refractivity contribution >= 4 is 16.0 Å². The quantitative estimate of drug-likeness (QED) is 0.0429. The van der Waals surface area contributed by atoms with Gasteiger partial charge in [-0.15, -0.1) is 0 Å². The van der Waals surface area contributed by atoms with Crippen LogP contribution in [-0.2, 0) is 14.9 Å². The lowest BCUT2D eigenvalue weighted by molar-refractivity contribution is -0.130. The van der Waals surface area contributed by atoms with Crippen LogP contribution >= 0.6 is 0 Å². The molecule has 0 saturated carbocycles. The molecule has 3 unspecified atom stereocenters. The second-order valence-electron chi connectivity index (χ2n) is 11.2. The number of aliphatic hydroxyl groups is 2. The van der Waals surface area contributed by atoms with Crippen molar-refractivity contribution in [3.63, 3.8) is 0 Å². The number of hydrogen-bond acceptors (Lipinski definition) is 5.